The molecule has 0 aliphatic carbocycles. The third kappa shape index (κ3) is 2.62. The summed E-state index contributed by atoms with van der Waals surface area (Å²) in [7, 11) is 0. The molecular formula is C11H16ClN3O. The smallest absolute Gasteiger partial charge is 0.137 e. The molecule has 1 atom stereocenters. The van der Waals surface area contributed by atoms with Gasteiger partial charge in [0.2, 0.25) is 0 Å². The number of hydrogen-bond donors (Lipinski definition) is 1. The molecule has 1 aromatic heterocycles. The molecular weight excluding hydrogens is 226 g/mol. The molecule has 1 unspecified atom stereocenters. The summed E-state index contributed by atoms with van der Waals surface area (Å²) in [5.74, 6) is 2.11. The first kappa shape index (κ1) is 11.6. The van der Waals surface area contributed by atoms with E-state index < -0.39 is 0 Å². The molecule has 16 heavy (non-hydrogen) atoms. The van der Waals surface area contributed by atoms with Crippen LogP contribution < -0.4 is 5.32 Å². The van der Waals surface area contributed by atoms with Crippen LogP contribution in [0.15, 0.2) is 0 Å². The third-order valence-electron chi connectivity index (χ3n) is 2.78. The van der Waals surface area contributed by atoms with E-state index in [9.17, 15) is 0 Å². The van der Waals surface area contributed by atoms with Crippen LogP contribution in [0.25, 0.3) is 0 Å². The largest absolute Gasteiger partial charge is 0.381 e. The molecule has 1 saturated heterocycles. The molecule has 1 aromatic rings. The lowest BCUT2D eigenvalue weighted by molar-refractivity contribution is 0.187. The van der Waals surface area contributed by atoms with Gasteiger partial charge in [-0.25, -0.2) is 9.97 Å². The van der Waals surface area contributed by atoms with Crippen LogP contribution in [0, 0.1) is 19.8 Å². The summed E-state index contributed by atoms with van der Waals surface area (Å²) in [5.41, 5.74) is 0.909. The van der Waals surface area contributed by atoms with Crippen molar-refractivity contribution in [1.29, 1.82) is 0 Å². The lowest BCUT2D eigenvalue weighted by Crippen LogP contribution is -2.16. The fraction of sp³-hybridized carbons (Fsp3) is 0.636. The fourth-order valence-corrected chi connectivity index (χ4v) is 1.96. The Hall–Kier alpha value is -0.870. The Morgan fingerprint density at radius 2 is 2.25 bits per heavy atom. The van der Waals surface area contributed by atoms with E-state index in [1.165, 1.54) is 0 Å². The minimum absolute atomic E-state index is 0.526. The van der Waals surface area contributed by atoms with Crippen LogP contribution in [0.4, 0.5) is 5.82 Å². The molecule has 0 spiro atoms. The van der Waals surface area contributed by atoms with E-state index in [0.29, 0.717) is 16.9 Å². The molecule has 2 rings (SSSR count). The Bertz CT molecular complexity index is 378. The molecule has 1 aliphatic rings. The average molecular weight is 242 g/mol. The van der Waals surface area contributed by atoms with Crippen LogP contribution in [-0.4, -0.2) is 29.7 Å². The van der Waals surface area contributed by atoms with Crippen molar-refractivity contribution in [3.05, 3.63) is 16.5 Å². The number of ether oxygens (including phenoxy) is 1. The molecule has 0 bridgehead atoms. The fourth-order valence-electron chi connectivity index (χ4n) is 1.75. The molecule has 0 aromatic carbocycles. The van der Waals surface area contributed by atoms with Crippen LogP contribution in [0.2, 0.25) is 5.15 Å². The van der Waals surface area contributed by atoms with Gasteiger partial charge in [-0.3, -0.25) is 0 Å². The van der Waals surface area contributed by atoms with Crippen molar-refractivity contribution < 1.29 is 4.74 Å². The number of nitrogens with zero attached hydrogens (tertiary/aromatic N) is 2. The highest BCUT2D eigenvalue weighted by Gasteiger charge is 2.16. The summed E-state index contributed by atoms with van der Waals surface area (Å²) in [6.07, 6.45) is 1.11. The first-order chi connectivity index (χ1) is 7.66. The molecule has 0 amide bonds. The van der Waals surface area contributed by atoms with E-state index in [4.69, 9.17) is 16.3 Å². The van der Waals surface area contributed by atoms with Gasteiger partial charge in [-0.2, -0.15) is 0 Å². The number of rotatable bonds is 3. The van der Waals surface area contributed by atoms with Crippen molar-refractivity contribution in [2.75, 3.05) is 25.1 Å². The maximum absolute atomic E-state index is 6.00. The Morgan fingerprint density at radius 3 is 2.94 bits per heavy atom. The SMILES string of the molecule is Cc1nc(Cl)c(C)c(NCC2CCOC2)n1. The van der Waals surface area contributed by atoms with Crippen LogP contribution in [0.3, 0.4) is 0 Å². The summed E-state index contributed by atoms with van der Waals surface area (Å²) in [6, 6.07) is 0. The highest BCUT2D eigenvalue weighted by Crippen LogP contribution is 2.20. The van der Waals surface area contributed by atoms with E-state index in [-0.39, 0.29) is 0 Å². The van der Waals surface area contributed by atoms with E-state index in [1.54, 1.807) is 0 Å². The summed E-state index contributed by atoms with van der Waals surface area (Å²) < 4.78 is 5.32. The second kappa shape index (κ2) is 4.97. The third-order valence-corrected chi connectivity index (χ3v) is 3.15. The molecule has 1 fully saturated rings. The number of nitrogens with one attached hydrogen (secondary N) is 1. The van der Waals surface area contributed by atoms with Gasteiger partial charge in [0, 0.05) is 24.6 Å². The minimum Gasteiger partial charge on any atom is -0.381 e. The molecule has 88 valence electrons. The van der Waals surface area contributed by atoms with Crippen molar-refractivity contribution in [3.63, 3.8) is 0 Å². The average Bonchev–Trinajstić information content (AvgIpc) is 2.74. The monoisotopic (exact) mass is 241 g/mol. The molecule has 0 radical (unpaired) electrons. The maximum atomic E-state index is 6.00. The Morgan fingerprint density at radius 1 is 1.44 bits per heavy atom. The molecule has 1 N–H and O–H groups in total. The van der Waals surface area contributed by atoms with Gasteiger partial charge in [0.25, 0.3) is 0 Å². The molecule has 0 saturated carbocycles. The minimum atomic E-state index is 0.526. The van der Waals surface area contributed by atoms with Gasteiger partial charge in [0.15, 0.2) is 0 Å². The van der Waals surface area contributed by atoms with Crippen molar-refractivity contribution in [3.8, 4) is 0 Å². The molecule has 5 heteroatoms. The summed E-state index contributed by atoms with van der Waals surface area (Å²) in [6.45, 7) is 6.36. The van der Waals surface area contributed by atoms with Crippen LogP contribution in [0.5, 0.6) is 0 Å². The summed E-state index contributed by atoms with van der Waals surface area (Å²) >= 11 is 6.00. The van der Waals surface area contributed by atoms with E-state index in [0.717, 1.165) is 37.6 Å². The van der Waals surface area contributed by atoms with Gasteiger partial charge in [-0.05, 0) is 20.3 Å². The van der Waals surface area contributed by atoms with E-state index in [1.807, 2.05) is 13.8 Å². The zero-order valence-electron chi connectivity index (χ0n) is 9.59. The Kier molecular flexibility index (Phi) is 3.61. The van der Waals surface area contributed by atoms with Gasteiger partial charge in [0.1, 0.15) is 16.8 Å². The summed E-state index contributed by atoms with van der Waals surface area (Å²) in [5, 5.41) is 3.85. The van der Waals surface area contributed by atoms with Crippen molar-refractivity contribution in [2.45, 2.75) is 20.3 Å². The molecule has 4 nitrogen and oxygen atoms in total. The van der Waals surface area contributed by atoms with Gasteiger partial charge < -0.3 is 10.1 Å². The lowest BCUT2D eigenvalue weighted by Gasteiger charge is -2.12. The number of anilines is 1. The highest BCUT2D eigenvalue weighted by molar-refractivity contribution is 6.30. The topological polar surface area (TPSA) is 47.0 Å². The van der Waals surface area contributed by atoms with Crippen molar-refractivity contribution in [1.82, 2.24) is 9.97 Å². The van der Waals surface area contributed by atoms with Crippen LogP contribution in [-0.2, 0) is 4.74 Å². The van der Waals surface area contributed by atoms with Crippen molar-refractivity contribution >= 4 is 17.4 Å². The molecule has 1 aliphatic heterocycles. The Labute approximate surface area is 100 Å². The second-order valence-electron chi connectivity index (χ2n) is 4.15. The van der Waals surface area contributed by atoms with Gasteiger partial charge >= 0.3 is 0 Å². The lowest BCUT2D eigenvalue weighted by atomic mass is 10.1. The first-order valence-electron chi connectivity index (χ1n) is 5.49. The van der Waals surface area contributed by atoms with E-state index >= 15 is 0 Å². The van der Waals surface area contributed by atoms with Gasteiger partial charge in [0.05, 0.1) is 6.61 Å². The van der Waals surface area contributed by atoms with Crippen LogP contribution >= 0.6 is 11.6 Å². The highest BCUT2D eigenvalue weighted by atomic mass is 35.5. The summed E-state index contributed by atoms with van der Waals surface area (Å²) in [4.78, 5) is 8.45. The predicted molar refractivity (Wildman–Crippen MR) is 63.9 cm³/mol. The Balaban J connectivity index is 2.02. The normalized spacial score (nSPS) is 20.1. The number of halogens is 1. The number of hydrogen-bond acceptors (Lipinski definition) is 4. The number of aromatic nitrogens is 2. The quantitative estimate of drug-likeness (QED) is 0.825. The second-order valence-corrected chi connectivity index (χ2v) is 4.50. The zero-order valence-corrected chi connectivity index (χ0v) is 10.3. The zero-order chi connectivity index (χ0) is 11.5. The maximum Gasteiger partial charge on any atom is 0.137 e. The van der Waals surface area contributed by atoms with E-state index in [2.05, 4.69) is 15.3 Å². The standard InChI is InChI=1S/C11H16ClN3O/c1-7-10(12)14-8(2)15-11(7)13-5-9-3-4-16-6-9/h9H,3-6H2,1-2H3,(H,13,14,15). The van der Waals surface area contributed by atoms with Crippen molar-refractivity contribution in [2.24, 2.45) is 5.92 Å². The predicted octanol–water partition coefficient (Wildman–Crippen LogP) is 2.20. The van der Waals surface area contributed by atoms with Gasteiger partial charge in [-0.1, -0.05) is 11.6 Å². The molecule has 2 heterocycles. The van der Waals surface area contributed by atoms with Gasteiger partial charge in [-0.15, -0.1) is 0 Å². The number of aryl methyl sites for hydroxylation is 1. The van der Waals surface area contributed by atoms with Crippen LogP contribution in [0.1, 0.15) is 17.8 Å². The first-order valence-corrected chi connectivity index (χ1v) is 5.87.